The molecule has 2 heterocycles. The molecule has 8 heteroatoms. The number of hydrogen-bond donors (Lipinski definition) is 2. The van der Waals surface area contributed by atoms with E-state index in [0.717, 1.165) is 11.3 Å². The van der Waals surface area contributed by atoms with Crippen molar-refractivity contribution in [1.82, 2.24) is 14.4 Å². The number of carboxylic acids is 1. The Balaban J connectivity index is 1.72. The van der Waals surface area contributed by atoms with Crippen LogP contribution in [0.2, 0.25) is 0 Å². The fourth-order valence-corrected chi connectivity index (χ4v) is 3.08. The number of aromatic carboxylic acids is 1. The Morgan fingerprint density at radius 3 is 2.79 bits per heavy atom. The SMILES string of the molecule is COc1ccc(CNc2nc3ccc(C(=O)O)cc3c3nccn23)c(OC)c1. The van der Waals surface area contributed by atoms with Gasteiger partial charge in [-0.2, -0.15) is 0 Å². The van der Waals surface area contributed by atoms with Crippen LogP contribution in [0.4, 0.5) is 5.95 Å². The lowest BCUT2D eigenvalue weighted by atomic mass is 10.1. The molecule has 0 amide bonds. The first-order valence-electron chi connectivity index (χ1n) is 8.55. The number of fused-ring (bicyclic) bond motifs is 3. The maximum atomic E-state index is 11.3. The number of imidazole rings is 1. The van der Waals surface area contributed by atoms with Gasteiger partial charge < -0.3 is 19.9 Å². The van der Waals surface area contributed by atoms with Gasteiger partial charge >= 0.3 is 5.97 Å². The third-order valence-corrected chi connectivity index (χ3v) is 4.51. The summed E-state index contributed by atoms with van der Waals surface area (Å²) in [6.45, 7) is 0.478. The number of rotatable bonds is 6. The van der Waals surface area contributed by atoms with E-state index in [1.54, 1.807) is 43.1 Å². The first-order valence-corrected chi connectivity index (χ1v) is 8.55. The van der Waals surface area contributed by atoms with Crippen LogP contribution in [-0.4, -0.2) is 39.7 Å². The minimum Gasteiger partial charge on any atom is -0.497 e. The van der Waals surface area contributed by atoms with Crippen LogP contribution < -0.4 is 14.8 Å². The van der Waals surface area contributed by atoms with Crippen molar-refractivity contribution in [3.8, 4) is 11.5 Å². The Morgan fingerprint density at radius 1 is 1.18 bits per heavy atom. The van der Waals surface area contributed by atoms with Crippen molar-refractivity contribution >= 4 is 28.5 Å². The normalized spacial score (nSPS) is 10.9. The number of aromatic nitrogens is 3. The van der Waals surface area contributed by atoms with Gasteiger partial charge in [0.25, 0.3) is 0 Å². The number of nitrogens with one attached hydrogen (secondary N) is 1. The Morgan fingerprint density at radius 2 is 2.04 bits per heavy atom. The molecule has 0 saturated carbocycles. The molecule has 0 spiro atoms. The molecular weight excluding hydrogens is 360 g/mol. The lowest BCUT2D eigenvalue weighted by Gasteiger charge is -2.13. The number of carboxylic acid groups (broad SMARTS) is 1. The van der Waals surface area contributed by atoms with Crippen LogP contribution in [0.5, 0.6) is 11.5 Å². The van der Waals surface area contributed by atoms with Crippen molar-refractivity contribution in [2.24, 2.45) is 0 Å². The first-order chi connectivity index (χ1) is 13.6. The Labute approximate surface area is 160 Å². The zero-order valence-corrected chi connectivity index (χ0v) is 15.3. The van der Waals surface area contributed by atoms with Gasteiger partial charge in [-0.25, -0.2) is 14.8 Å². The largest absolute Gasteiger partial charge is 0.497 e. The topological polar surface area (TPSA) is 98.0 Å². The fourth-order valence-electron chi connectivity index (χ4n) is 3.08. The molecule has 2 aromatic heterocycles. The second-order valence-corrected chi connectivity index (χ2v) is 6.12. The lowest BCUT2D eigenvalue weighted by molar-refractivity contribution is 0.0697. The molecule has 0 aliphatic carbocycles. The molecule has 2 N–H and O–H groups in total. The number of hydrogen-bond acceptors (Lipinski definition) is 6. The highest BCUT2D eigenvalue weighted by atomic mass is 16.5. The summed E-state index contributed by atoms with van der Waals surface area (Å²) in [5.74, 6) is 1.04. The van der Waals surface area contributed by atoms with Crippen LogP contribution >= 0.6 is 0 Å². The van der Waals surface area contributed by atoms with Gasteiger partial charge in [0, 0.05) is 36.0 Å². The van der Waals surface area contributed by atoms with E-state index in [1.807, 2.05) is 18.2 Å². The number of benzene rings is 2. The van der Waals surface area contributed by atoms with E-state index in [0.29, 0.717) is 34.8 Å². The first kappa shape index (κ1) is 17.6. The smallest absolute Gasteiger partial charge is 0.335 e. The van der Waals surface area contributed by atoms with Crippen LogP contribution in [0, 0.1) is 0 Å². The Bertz CT molecular complexity index is 1190. The molecular formula is C20H18N4O4. The molecule has 4 aromatic rings. The Hall–Kier alpha value is -3.81. The number of nitrogens with zero attached hydrogens (tertiary/aromatic N) is 3. The molecule has 0 radical (unpaired) electrons. The zero-order valence-electron chi connectivity index (χ0n) is 15.3. The highest BCUT2D eigenvalue weighted by Gasteiger charge is 2.13. The van der Waals surface area contributed by atoms with E-state index >= 15 is 0 Å². The van der Waals surface area contributed by atoms with Crippen molar-refractivity contribution in [2.75, 3.05) is 19.5 Å². The maximum absolute atomic E-state index is 11.3. The fraction of sp³-hybridized carbons (Fsp3) is 0.150. The quantitative estimate of drug-likeness (QED) is 0.532. The maximum Gasteiger partial charge on any atom is 0.335 e. The minimum absolute atomic E-state index is 0.197. The van der Waals surface area contributed by atoms with Gasteiger partial charge in [-0.3, -0.25) is 4.40 Å². The van der Waals surface area contributed by atoms with Gasteiger partial charge in [0.2, 0.25) is 5.95 Å². The highest BCUT2D eigenvalue weighted by molar-refractivity contribution is 5.98. The third kappa shape index (κ3) is 3.05. The molecule has 0 saturated heterocycles. The van der Waals surface area contributed by atoms with Crippen LogP contribution in [0.15, 0.2) is 48.8 Å². The van der Waals surface area contributed by atoms with E-state index in [4.69, 9.17) is 9.47 Å². The number of methoxy groups -OCH3 is 2. The second kappa shape index (κ2) is 7.07. The molecule has 0 unspecified atom stereocenters. The Kier molecular flexibility index (Phi) is 4.44. The number of ether oxygens (including phenoxy) is 2. The summed E-state index contributed by atoms with van der Waals surface area (Å²) in [6.07, 6.45) is 3.44. The van der Waals surface area contributed by atoms with Crippen LogP contribution in [-0.2, 0) is 6.54 Å². The summed E-state index contributed by atoms with van der Waals surface area (Å²) in [5.41, 5.74) is 2.44. The molecule has 142 valence electrons. The average Bonchev–Trinajstić information content (AvgIpc) is 3.21. The van der Waals surface area contributed by atoms with Crippen LogP contribution in [0.1, 0.15) is 15.9 Å². The van der Waals surface area contributed by atoms with Gasteiger partial charge in [0.1, 0.15) is 17.1 Å². The van der Waals surface area contributed by atoms with Crippen molar-refractivity contribution in [2.45, 2.75) is 6.54 Å². The molecule has 8 nitrogen and oxygen atoms in total. The second-order valence-electron chi connectivity index (χ2n) is 6.12. The zero-order chi connectivity index (χ0) is 19.7. The van der Waals surface area contributed by atoms with Gasteiger partial charge in [0.05, 0.1) is 25.3 Å². The summed E-state index contributed by atoms with van der Waals surface area (Å²) in [5, 5.41) is 13.2. The number of carbonyl (C=O) groups is 1. The molecule has 2 aromatic carbocycles. The molecule has 0 fully saturated rings. The number of anilines is 1. The van der Waals surface area contributed by atoms with Crippen molar-refractivity contribution in [3.63, 3.8) is 0 Å². The average molecular weight is 378 g/mol. The van der Waals surface area contributed by atoms with E-state index in [1.165, 1.54) is 6.07 Å². The summed E-state index contributed by atoms with van der Waals surface area (Å²) >= 11 is 0. The summed E-state index contributed by atoms with van der Waals surface area (Å²) in [7, 11) is 3.22. The van der Waals surface area contributed by atoms with Crippen LogP contribution in [0.3, 0.4) is 0 Å². The standard InChI is InChI=1S/C20H18N4O4/c1-27-14-5-3-13(17(10-14)28-2)11-22-20-23-16-6-4-12(19(25)26)9-15(16)18-21-7-8-24(18)20/h3-10H,11H2,1-2H3,(H,22,23)(H,25,26). The molecule has 28 heavy (non-hydrogen) atoms. The molecule has 0 bridgehead atoms. The summed E-state index contributed by atoms with van der Waals surface area (Å²) in [6, 6.07) is 10.4. The predicted octanol–water partition coefficient (Wildman–Crippen LogP) is 3.21. The molecule has 0 atom stereocenters. The van der Waals surface area contributed by atoms with Gasteiger partial charge in [-0.05, 0) is 30.3 Å². The summed E-state index contributed by atoms with van der Waals surface area (Å²) in [4.78, 5) is 20.3. The third-order valence-electron chi connectivity index (χ3n) is 4.51. The van der Waals surface area contributed by atoms with Crippen molar-refractivity contribution in [3.05, 3.63) is 59.9 Å². The van der Waals surface area contributed by atoms with Gasteiger partial charge in [0.15, 0.2) is 0 Å². The van der Waals surface area contributed by atoms with E-state index < -0.39 is 5.97 Å². The summed E-state index contributed by atoms with van der Waals surface area (Å²) < 4.78 is 12.5. The van der Waals surface area contributed by atoms with Gasteiger partial charge in [-0.15, -0.1) is 0 Å². The van der Waals surface area contributed by atoms with E-state index in [2.05, 4.69) is 15.3 Å². The monoisotopic (exact) mass is 378 g/mol. The van der Waals surface area contributed by atoms with E-state index in [-0.39, 0.29) is 5.56 Å². The van der Waals surface area contributed by atoms with Crippen molar-refractivity contribution in [1.29, 1.82) is 0 Å². The predicted molar refractivity (Wildman–Crippen MR) is 104 cm³/mol. The lowest BCUT2D eigenvalue weighted by Crippen LogP contribution is -2.08. The molecule has 0 aliphatic rings. The molecule has 0 aliphatic heterocycles. The van der Waals surface area contributed by atoms with Crippen molar-refractivity contribution < 1.29 is 19.4 Å². The highest BCUT2D eigenvalue weighted by Crippen LogP contribution is 2.26. The molecule has 4 rings (SSSR count). The van der Waals surface area contributed by atoms with Crippen LogP contribution in [0.25, 0.3) is 16.6 Å². The minimum atomic E-state index is -0.986. The van der Waals surface area contributed by atoms with Gasteiger partial charge in [-0.1, -0.05) is 0 Å². The van der Waals surface area contributed by atoms with E-state index in [9.17, 15) is 9.90 Å².